The number of ether oxygens (including phenoxy) is 1. The standard InChI is InChI=1S/C22H25Cl2NO/c23-20-13-19(15-25-12-11-17-7-3-1-4-8-17)14-21(24)22(20)26-16-18-9-5-2-6-10-18/h2,5-7,9-10,13-14,25H,1,3-4,8,11-12,15-16H2. The number of rotatable bonds is 8. The average Bonchev–Trinajstić information content (AvgIpc) is 2.66. The van der Waals surface area contributed by atoms with Crippen molar-refractivity contribution in [1.29, 1.82) is 0 Å². The Morgan fingerprint density at radius 2 is 1.73 bits per heavy atom. The van der Waals surface area contributed by atoms with E-state index in [1.165, 1.54) is 25.7 Å². The molecule has 0 radical (unpaired) electrons. The summed E-state index contributed by atoms with van der Waals surface area (Å²) < 4.78 is 5.82. The van der Waals surface area contributed by atoms with Crippen LogP contribution in [0.5, 0.6) is 5.75 Å². The van der Waals surface area contributed by atoms with Gasteiger partial charge in [-0.1, -0.05) is 65.2 Å². The number of allylic oxidation sites excluding steroid dienone is 1. The zero-order chi connectivity index (χ0) is 18.2. The van der Waals surface area contributed by atoms with E-state index in [2.05, 4.69) is 11.4 Å². The summed E-state index contributed by atoms with van der Waals surface area (Å²) in [7, 11) is 0. The van der Waals surface area contributed by atoms with E-state index in [0.717, 1.165) is 30.6 Å². The summed E-state index contributed by atoms with van der Waals surface area (Å²) in [5.74, 6) is 0.549. The highest BCUT2D eigenvalue weighted by Gasteiger charge is 2.10. The lowest BCUT2D eigenvalue weighted by atomic mass is 9.97. The Morgan fingerprint density at radius 3 is 2.42 bits per heavy atom. The molecule has 3 rings (SSSR count). The molecule has 0 saturated heterocycles. The van der Waals surface area contributed by atoms with E-state index in [9.17, 15) is 0 Å². The molecular weight excluding hydrogens is 365 g/mol. The van der Waals surface area contributed by atoms with Gasteiger partial charge in [-0.25, -0.2) is 0 Å². The highest BCUT2D eigenvalue weighted by atomic mass is 35.5. The summed E-state index contributed by atoms with van der Waals surface area (Å²) in [6.45, 7) is 2.19. The van der Waals surface area contributed by atoms with E-state index in [1.54, 1.807) is 5.57 Å². The van der Waals surface area contributed by atoms with Crippen LogP contribution in [0.3, 0.4) is 0 Å². The van der Waals surface area contributed by atoms with Gasteiger partial charge in [-0.15, -0.1) is 0 Å². The van der Waals surface area contributed by atoms with E-state index in [-0.39, 0.29) is 0 Å². The molecule has 2 nitrogen and oxygen atoms in total. The zero-order valence-electron chi connectivity index (χ0n) is 14.9. The quantitative estimate of drug-likeness (QED) is 0.408. The minimum atomic E-state index is 0.451. The van der Waals surface area contributed by atoms with Gasteiger partial charge < -0.3 is 10.1 Å². The first kappa shape index (κ1) is 19.3. The Kier molecular flexibility index (Phi) is 7.43. The monoisotopic (exact) mass is 389 g/mol. The number of benzene rings is 2. The molecule has 0 aromatic heterocycles. The Balaban J connectivity index is 1.50. The molecule has 0 atom stereocenters. The lowest BCUT2D eigenvalue weighted by Crippen LogP contribution is -2.15. The topological polar surface area (TPSA) is 21.3 Å². The smallest absolute Gasteiger partial charge is 0.156 e. The van der Waals surface area contributed by atoms with Crippen molar-refractivity contribution in [2.24, 2.45) is 0 Å². The van der Waals surface area contributed by atoms with Crippen molar-refractivity contribution in [3.05, 3.63) is 75.3 Å². The van der Waals surface area contributed by atoms with Crippen LogP contribution in [0.1, 0.15) is 43.2 Å². The van der Waals surface area contributed by atoms with Gasteiger partial charge in [-0.05, 0) is 61.9 Å². The highest BCUT2D eigenvalue weighted by Crippen LogP contribution is 2.34. The Bertz CT molecular complexity index is 720. The van der Waals surface area contributed by atoms with Gasteiger partial charge in [0.1, 0.15) is 6.61 Å². The first-order chi connectivity index (χ1) is 12.7. The van der Waals surface area contributed by atoms with Crippen molar-refractivity contribution in [2.45, 2.75) is 45.3 Å². The van der Waals surface area contributed by atoms with Crippen LogP contribution in [0.25, 0.3) is 0 Å². The summed E-state index contributed by atoms with van der Waals surface area (Å²) in [4.78, 5) is 0. The summed E-state index contributed by atoms with van der Waals surface area (Å²) in [5, 5.41) is 4.59. The maximum Gasteiger partial charge on any atom is 0.156 e. The van der Waals surface area contributed by atoms with E-state index in [1.807, 2.05) is 42.5 Å². The first-order valence-electron chi connectivity index (χ1n) is 9.25. The summed E-state index contributed by atoms with van der Waals surface area (Å²) in [5.41, 5.74) is 3.75. The molecule has 1 aliphatic rings. The highest BCUT2D eigenvalue weighted by molar-refractivity contribution is 6.37. The fraction of sp³-hybridized carbons (Fsp3) is 0.364. The average molecular weight is 390 g/mol. The molecule has 0 amide bonds. The van der Waals surface area contributed by atoms with E-state index < -0.39 is 0 Å². The molecule has 2 aromatic rings. The molecule has 26 heavy (non-hydrogen) atoms. The summed E-state index contributed by atoms with van der Waals surface area (Å²) in [6, 6.07) is 13.8. The molecule has 4 heteroatoms. The third-order valence-electron chi connectivity index (χ3n) is 4.62. The van der Waals surface area contributed by atoms with Crippen molar-refractivity contribution in [2.75, 3.05) is 6.54 Å². The van der Waals surface area contributed by atoms with Crippen molar-refractivity contribution >= 4 is 23.2 Å². The van der Waals surface area contributed by atoms with Crippen molar-refractivity contribution in [1.82, 2.24) is 5.32 Å². The predicted molar refractivity (Wildman–Crippen MR) is 110 cm³/mol. The Labute approximate surface area is 166 Å². The molecule has 1 aliphatic carbocycles. The van der Waals surface area contributed by atoms with Gasteiger partial charge in [-0.2, -0.15) is 0 Å². The lowest BCUT2D eigenvalue weighted by molar-refractivity contribution is 0.306. The lowest BCUT2D eigenvalue weighted by Gasteiger charge is -2.14. The van der Waals surface area contributed by atoms with Crippen LogP contribution in [0, 0.1) is 0 Å². The maximum atomic E-state index is 6.39. The molecule has 2 aromatic carbocycles. The van der Waals surface area contributed by atoms with Gasteiger partial charge >= 0.3 is 0 Å². The zero-order valence-corrected chi connectivity index (χ0v) is 16.5. The van der Waals surface area contributed by atoms with Crippen molar-refractivity contribution < 1.29 is 4.74 Å². The van der Waals surface area contributed by atoms with Crippen LogP contribution in [-0.2, 0) is 13.2 Å². The van der Waals surface area contributed by atoms with Crippen molar-refractivity contribution in [3.8, 4) is 5.75 Å². The number of halogens is 2. The molecular formula is C22H25Cl2NO. The number of hydrogen-bond donors (Lipinski definition) is 1. The van der Waals surface area contributed by atoms with Gasteiger partial charge in [0.25, 0.3) is 0 Å². The first-order valence-corrected chi connectivity index (χ1v) is 10.0. The van der Waals surface area contributed by atoms with Crippen LogP contribution in [-0.4, -0.2) is 6.54 Å². The van der Waals surface area contributed by atoms with E-state index in [0.29, 0.717) is 22.4 Å². The van der Waals surface area contributed by atoms with Crippen LogP contribution in [0.15, 0.2) is 54.1 Å². The predicted octanol–water partition coefficient (Wildman–Crippen LogP) is 6.55. The van der Waals surface area contributed by atoms with E-state index in [4.69, 9.17) is 27.9 Å². The summed E-state index contributed by atoms with van der Waals surface area (Å²) in [6.07, 6.45) is 8.70. The van der Waals surface area contributed by atoms with Crippen molar-refractivity contribution in [3.63, 3.8) is 0 Å². The minimum Gasteiger partial charge on any atom is -0.486 e. The number of nitrogens with one attached hydrogen (secondary N) is 1. The normalized spacial score (nSPS) is 14.2. The van der Waals surface area contributed by atoms with Crippen LogP contribution < -0.4 is 10.1 Å². The second-order valence-corrected chi connectivity index (χ2v) is 7.51. The molecule has 0 unspecified atom stereocenters. The van der Waals surface area contributed by atoms with Gasteiger partial charge in [-0.3, -0.25) is 0 Å². The fourth-order valence-corrected chi connectivity index (χ4v) is 3.84. The molecule has 0 saturated carbocycles. The molecule has 0 heterocycles. The molecule has 0 aliphatic heterocycles. The van der Waals surface area contributed by atoms with Crippen LogP contribution in [0.4, 0.5) is 0 Å². The minimum absolute atomic E-state index is 0.451. The van der Waals surface area contributed by atoms with Gasteiger partial charge in [0.05, 0.1) is 10.0 Å². The molecule has 0 bridgehead atoms. The van der Waals surface area contributed by atoms with E-state index >= 15 is 0 Å². The van der Waals surface area contributed by atoms with Gasteiger partial charge in [0.2, 0.25) is 0 Å². The molecule has 0 spiro atoms. The third kappa shape index (κ3) is 5.77. The maximum absolute atomic E-state index is 6.39. The molecule has 0 fully saturated rings. The second-order valence-electron chi connectivity index (χ2n) is 6.70. The second kappa shape index (κ2) is 10.0. The van der Waals surface area contributed by atoms with Gasteiger partial charge in [0, 0.05) is 6.54 Å². The van der Waals surface area contributed by atoms with Gasteiger partial charge in [0.15, 0.2) is 5.75 Å². The third-order valence-corrected chi connectivity index (χ3v) is 5.18. The number of hydrogen-bond acceptors (Lipinski definition) is 2. The van der Waals surface area contributed by atoms with Crippen LogP contribution >= 0.6 is 23.2 Å². The Hall–Kier alpha value is -1.48. The Morgan fingerprint density at radius 1 is 0.962 bits per heavy atom. The molecule has 138 valence electrons. The fourth-order valence-electron chi connectivity index (χ4n) is 3.20. The summed E-state index contributed by atoms with van der Waals surface area (Å²) >= 11 is 12.8. The van der Waals surface area contributed by atoms with Crippen LogP contribution in [0.2, 0.25) is 10.0 Å². The molecule has 1 N–H and O–H groups in total. The largest absolute Gasteiger partial charge is 0.486 e. The SMILES string of the molecule is Clc1cc(CNCCC2=CCCCC2)cc(Cl)c1OCc1ccccc1.